The number of hydrogen-bond acceptors (Lipinski definition) is 6. The number of rotatable bonds is 4. The number of hydrogen-bond donors (Lipinski definition) is 3. The number of aliphatic carboxylic acids is 1. The monoisotopic (exact) mass is 382 g/mol. The summed E-state index contributed by atoms with van der Waals surface area (Å²) < 4.78 is 14.5. The Balaban J connectivity index is 1.50. The van der Waals surface area contributed by atoms with E-state index in [9.17, 15) is 14.3 Å². The molecule has 0 aromatic carbocycles. The predicted molar refractivity (Wildman–Crippen MR) is 98.9 cm³/mol. The molecule has 2 bridgehead atoms. The summed E-state index contributed by atoms with van der Waals surface area (Å²) in [5.41, 5.74) is 1.07. The summed E-state index contributed by atoms with van der Waals surface area (Å²) in [6, 6.07) is 3.28. The van der Waals surface area contributed by atoms with E-state index in [0.29, 0.717) is 11.3 Å². The molecule has 3 saturated carbocycles. The number of halogens is 1. The van der Waals surface area contributed by atoms with Gasteiger partial charge >= 0.3 is 5.97 Å². The van der Waals surface area contributed by atoms with Crippen molar-refractivity contribution in [1.82, 2.24) is 25.1 Å². The Morgan fingerprint density at radius 3 is 2.79 bits per heavy atom. The molecule has 0 spiro atoms. The summed E-state index contributed by atoms with van der Waals surface area (Å²) in [5, 5.41) is 20.5. The Morgan fingerprint density at radius 1 is 1.21 bits per heavy atom. The Bertz CT molecular complexity index is 1050. The fraction of sp³-hybridized carbons (Fsp3) is 0.421. The van der Waals surface area contributed by atoms with Gasteiger partial charge in [-0.2, -0.15) is 5.10 Å². The molecule has 28 heavy (non-hydrogen) atoms. The van der Waals surface area contributed by atoms with Gasteiger partial charge in [0.1, 0.15) is 5.69 Å². The van der Waals surface area contributed by atoms with E-state index in [1.165, 1.54) is 0 Å². The average Bonchev–Trinajstić information content (AvgIpc) is 3.14. The molecule has 0 saturated heterocycles. The minimum atomic E-state index is -0.827. The van der Waals surface area contributed by atoms with E-state index >= 15 is 0 Å². The van der Waals surface area contributed by atoms with Crippen LogP contribution < -0.4 is 5.32 Å². The van der Waals surface area contributed by atoms with E-state index < -0.39 is 17.7 Å². The first-order chi connectivity index (χ1) is 13.6. The van der Waals surface area contributed by atoms with Crippen molar-refractivity contribution >= 4 is 22.8 Å². The Labute approximate surface area is 159 Å². The quantitative estimate of drug-likeness (QED) is 0.635. The molecule has 3 fully saturated rings. The van der Waals surface area contributed by atoms with E-state index in [2.05, 4.69) is 30.5 Å². The Kier molecular flexibility index (Phi) is 3.96. The fourth-order valence-electron chi connectivity index (χ4n) is 4.78. The molecular weight excluding hydrogens is 363 g/mol. The first-order valence-corrected chi connectivity index (χ1v) is 9.43. The zero-order valence-electron chi connectivity index (χ0n) is 15.0. The minimum Gasteiger partial charge on any atom is -0.481 e. The molecule has 8 nitrogen and oxygen atoms in total. The van der Waals surface area contributed by atoms with Gasteiger partial charge in [0.2, 0.25) is 0 Å². The third-order valence-electron chi connectivity index (χ3n) is 6.11. The molecule has 3 aliphatic rings. The van der Waals surface area contributed by atoms with Crippen LogP contribution in [0.25, 0.3) is 22.6 Å². The van der Waals surface area contributed by atoms with Gasteiger partial charge in [-0.05, 0) is 49.7 Å². The van der Waals surface area contributed by atoms with E-state index in [-0.39, 0.29) is 29.5 Å². The van der Waals surface area contributed by atoms with Crippen molar-refractivity contribution in [3.63, 3.8) is 0 Å². The number of aromatic amines is 1. The van der Waals surface area contributed by atoms with Crippen LogP contribution in [0.5, 0.6) is 0 Å². The van der Waals surface area contributed by atoms with Crippen molar-refractivity contribution in [1.29, 1.82) is 0 Å². The molecule has 3 N–H and O–H groups in total. The lowest BCUT2D eigenvalue weighted by Gasteiger charge is -2.47. The number of nitrogens with zero attached hydrogens (tertiary/aromatic N) is 4. The van der Waals surface area contributed by atoms with Crippen LogP contribution >= 0.6 is 0 Å². The number of aromatic nitrogens is 5. The summed E-state index contributed by atoms with van der Waals surface area (Å²) >= 11 is 0. The highest BCUT2D eigenvalue weighted by Gasteiger charge is 2.47. The number of H-pyrrole nitrogens is 1. The van der Waals surface area contributed by atoms with Crippen LogP contribution in [-0.2, 0) is 4.79 Å². The van der Waals surface area contributed by atoms with E-state index in [1.807, 2.05) is 6.07 Å². The SMILES string of the molecule is O=C(O)[C@H]1C2CCC(CC2)[C@@H]1Nc1nc(-c2[nH]nc3ncccc23)ncc1F. The zero-order valence-corrected chi connectivity index (χ0v) is 15.0. The average molecular weight is 382 g/mol. The fourth-order valence-corrected chi connectivity index (χ4v) is 4.78. The van der Waals surface area contributed by atoms with Crippen molar-refractivity contribution in [3.05, 3.63) is 30.3 Å². The predicted octanol–water partition coefficient (Wildman–Crippen LogP) is 2.86. The summed E-state index contributed by atoms with van der Waals surface area (Å²) in [6.07, 6.45) is 6.50. The molecule has 3 aromatic rings. The number of fused-ring (bicyclic) bond motifs is 4. The lowest BCUT2D eigenvalue weighted by Crippen LogP contribution is -2.51. The molecule has 3 aliphatic carbocycles. The second-order valence-corrected chi connectivity index (χ2v) is 7.57. The first-order valence-electron chi connectivity index (χ1n) is 9.43. The molecule has 144 valence electrons. The normalized spacial score (nSPS) is 26.5. The van der Waals surface area contributed by atoms with Crippen molar-refractivity contribution in [3.8, 4) is 11.5 Å². The lowest BCUT2D eigenvalue weighted by molar-refractivity contribution is -0.148. The topological polar surface area (TPSA) is 117 Å². The second kappa shape index (κ2) is 6.50. The molecule has 0 unspecified atom stereocenters. The lowest BCUT2D eigenvalue weighted by atomic mass is 9.61. The van der Waals surface area contributed by atoms with Gasteiger partial charge in [-0.1, -0.05) is 0 Å². The van der Waals surface area contributed by atoms with Crippen molar-refractivity contribution in [2.45, 2.75) is 31.7 Å². The van der Waals surface area contributed by atoms with Crippen LogP contribution in [0.2, 0.25) is 0 Å². The highest BCUT2D eigenvalue weighted by Crippen LogP contribution is 2.46. The van der Waals surface area contributed by atoms with Crippen molar-refractivity contribution in [2.75, 3.05) is 5.32 Å². The van der Waals surface area contributed by atoms with Gasteiger partial charge in [0.15, 0.2) is 23.1 Å². The van der Waals surface area contributed by atoms with Gasteiger partial charge in [-0.3, -0.25) is 9.89 Å². The maximum atomic E-state index is 14.5. The molecule has 0 aliphatic heterocycles. The second-order valence-electron chi connectivity index (χ2n) is 7.57. The van der Waals surface area contributed by atoms with Gasteiger partial charge in [-0.15, -0.1) is 0 Å². The maximum absolute atomic E-state index is 14.5. The number of anilines is 1. The smallest absolute Gasteiger partial charge is 0.308 e. The summed E-state index contributed by atoms with van der Waals surface area (Å²) in [5.74, 6) is -1.30. The van der Waals surface area contributed by atoms with Crippen LogP contribution in [-0.4, -0.2) is 42.3 Å². The van der Waals surface area contributed by atoms with Crippen LogP contribution in [0.3, 0.4) is 0 Å². The molecule has 0 amide bonds. The van der Waals surface area contributed by atoms with Crippen molar-refractivity contribution < 1.29 is 14.3 Å². The standard InChI is InChI=1S/C19H19FN6O2/c20-12-8-22-18(15-11-2-1-7-21-16(11)26-25-15)24-17(12)23-14-10-5-3-9(4-6-10)13(14)19(27)28/h1-2,7-10,13-14H,3-6H2,(H,27,28)(H,21,25,26)(H,22,23,24)/t9?,10?,13-,14-/m0/s1. The summed E-state index contributed by atoms with van der Waals surface area (Å²) in [6.45, 7) is 0. The highest BCUT2D eigenvalue weighted by atomic mass is 19.1. The summed E-state index contributed by atoms with van der Waals surface area (Å²) in [7, 11) is 0. The van der Waals surface area contributed by atoms with Crippen LogP contribution in [0.15, 0.2) is 24.5 Å². The minimum absolute atomic E-state index is 0.0282. The zero-order chi connectivity index (χ0) is 19.3. The highest BCUT2D eigenvalue weighted by molar-refractivity contribution is 5.88. The number of carboxylic acids is 1. The number of pyridine rings is 1. The molecule has 3 aromatic heterocycles. The number of carboxylic acid groups (broad SMARTS) is 1. The third kappa shape index (κ3) is 2.69. The van der Waals surface area contributed by atoms with Crippen LogP contribution in [0.1, 0.15) is 25.7 Å². The van der Waals surface area contributed by atoms with Gasteiger partial charge in [0.05, 0.1) is 12.1 Å². The van der Waals surface area contributed by atoms with Gasteiger partial charge in [0.25, 0.3) is 0 Å². The Hall–Kier alpha value is -3.10. The molecule has 3 heterocycles. The maximum Gasteiger partial charge on any atom is 0.308 e. The third-order valence-corrected chi connectivity index (χ3v) is 6.11. The van der Waals surface area contributed by atoms with E-state index in [4.69, 9.17) is 0 Å². The number of carbonyl (C=O) groups is 1. The van der Waals surface area contributed by atoms with Gasteiger partial charge in [0, 0.05) is 17.6 Å². The molecule has 9 heteroatoms. The number of nitrogens with one attached hydrogen (secondary N) is 2. The van der Waals surface area contributed by atoms with Gasteiger partial charge < -0.3 is 10.4 Å². The molecular formula is C19H19FN6O2. The van der Waals surface area contributed by atoms with Crippen LogP contribution in [0, 0.1) is 23.6 Å². The molecule has 2 atom stereocenters. The first kappa shape index (κ1) is 17.0. The molecule has 6 rings (SSSR count). The largest absolute Gasteiger partial charge is 0.481 e. The van der Waals surface area contributed by atoms with Crippen LogP contribution in [0.4, 0.5) is 10.2 Å². The summed E-state index contributed by atoms with van der Waals surface area (Å²) in [4.78, 5) is 24.4. The van der Waals surface area contributed by atoms with E-state index in [0.717, 1.165) is 37.3 Å². The molecule has 0 radical (unpaired) electrons. The van der Waals surface area contributed by atoms with Gasteiger partial charge in [-0.25, -0.2) is 19.3 Å². The van der Waals surface area contributed by atoms with E-state index in [1.54, 1.807) is 12.3 Å². The Morgan fingerprint density at radius 2 is 2.00 bits per heavy atom. The van der Waals surface area contributed by atoms with Crippen molar-refractivity contribution in [2.24, 2.45) is 17.8 Å².